The van der Waals surface area contributed by atoms with Crippen LogP contribution in [-0.2, 0) is 28.5 Å². The molecule has 2 unspecified atom stereocenters. The minimum atomic E-state index is -0.281. The molecule has 2 rings (SSSR count). The number of allylic oxidation sites excluding steroid dienone is 2. The average Bonchev–Trinajstić information content (AvgIpc) is 3.92. The molecule has 0 radical (unpaired) electrons. The van der Waals surface area contributed by atoms with E-state index in [1.165, 1.54) is 77.0 Å². The van der Waals surface area contributed by atoms with Crippen LogP contribution in [-0.4, -0.2) is 43.1 Å². The van der Waals surface area contributed by atoms with Gasteiger partial charge in [-0.3, -0.25) is 9.59 Å². The monoisotopic (exact) mass is 604 g/mol. The summed E-state index contributed by atoms with van der Waals surface area (Å²) in [5.74, 6) is -0.562. The van der Waals surface area contributed by atoms with E-state index < -0.39 is 0 Å². The molecule has 248 valence electrons. The number of unbranched alkanes of at least 4 members (excludes halogenated alkanes) is 14. The molecule has 2 heterocycles. The van der Waals surface area contributed by atoms with Gasteiger partial charge in [0.25, 0.3) is 0 Å². The van der Waals surface area contributed by atoms with Crippen molar-refractivity contribution in [3.05, 3.63) is 24.3 Å². The van der Waals surface area contributed by atoms with Gasteiger partial charge in [-0.2, -0.15) is 0 Å². The summed E-state index contributed by atoms with van der Waals surface area (Å²) in [5, 5.41) is 0. The highest BCUT2D eigenvalue weighted by Crippen LogP contribution is 2.31. The van der Waals surface area contributed by atoms with Crippen LogP contribution < -0.4 is 0 Å². The Balaban J connectivity index is 1.25. The lowest BCUT2D eigenvalue weighted by atomic mass is 10.1. The van der Waals surface area contributed by atoms with Gasteiger partial charge in [-0.1, -0.05) is 115 Å². The lowest BCUT2D eigenvalue weighted by Crippen LogP contribution is -2.12. The summed E-state index contributed by atoms with van der Waals surface area (Å²) in [6.45, 7) is 4.22. The zero-order chi connectivity index (χ0) is 30.8. The Bertz CT molecular complexity index is 700. The van der Waals surface area contributed by atoms with Gasteiger partial charge < -0.3 is 18.9 Å². The maximum absolute atomic E-state index is 11.9. The maximum atomic E-state index is 11.9. The molecule has 6 heteroatoms. The molecule has 43 heavy (non-hydrogen) atoms. The molecule has 0 aliphatic carbocycles. The molecule has 0 aromatic rings. The molecule has 0 N–H and O–H groups in total. The van der Waals surface area contributed by atoms with Crippen LogP contribution in [0.5, 0.6) is 0 Å². The smallest absolute Gasteiger partial charge is 0.308 e. The highest BCUT2D eigenvalue weighted by Gasteiger charge is 2.37. The number of carbonyl (C=O) groups is 2. The molecule has 2 aliphatic rings. The Labute approximate surface area is 263 Å². The minimum Gasteiger partial charge on any atom is -0.428 e. The molecule has 2 saturated heterocycles. The Hall–Kier alpha value is -1.66. The van der Waals surface area contributed by atoms with Crippen molar-refractivity contribution in [1.29, 1.82) is 0 Å². The van der Waals surface area contributed by atoms with Crippen molar-refractivity contribution in [3.63, 3.8) is 0 Å². The van der Waals surface area contributed by atoms with Crippen LogP contribution in [0.15, 0.2) is 24.3 Å². The SMILES string of the molecule is CCCCCC1OC1C/C=C\CCCCCCCC(=O)OCOC(=O)CCCCCCC/C=C\C[C@@H]1O[C@@H]1CCCCC. The quantitative estimate of drug-likeness (QED) is 0.0267. The van der Waals surface area contributed by atoms with Gasteiger partial charge in [-0.05, 0) is 64.2 Å². The minimum absolute atomic E-state index is 0.257. The first-order valence-electron chi connectivity index (χ1n) is 18.1. The first-order chi connectivity index (χ1) is 21.1. The third-order valence-corrected chi connectivity index (χ3v) is 8.57. The average molecular weight is 605 g/mol. The van der Waals surface area contributed by atoms with Gasteiger partial charge >= 0.3 is 11.9 Å². The van der Waals surface area contributed by atoms with Gasteiger partial charge in [0.05, 0.1) is 24.4 Å². The number of hydrogen-bond acceptors (Lipinski definition) is 6. The summed E-state index contributed by atoms with van der Waals surface area (Å²) in [6.07, 6.45) is 37.2. The molecule has 6 nitrogen and oxygen atoms in total. The summed E-state index contributed by atoms with van der Waals surface area (Å²) >= 11 is 0. The van der Waals surface area contributed by atoms with Crippen molar-refractivity contribution < 1.29 is 28.5 Å². The summed E-state index contributed by atoms with van der Waals surface area (Å²) in [5.41, 5.74) is 0. The highest BCUT2D eigenvalue weighted by atomic mass is 16.7. The third kappa shape index (κ3) is 21.6. The van der Waals surface area contributed by atoms with Crippen molar-refractivity contribution in [2.45, 2.75) is 192 Å². The van der Waals surface area contributed by atoms with Crippen molar-refractivity contribution in [1.82, 2.24) is 0 Å². The van der Waals surface area contributed by atoms with Crippen molar-refractivity contribution in [3.8, 4) is 0 Å². The van der Waals surface area contributed by atoms with Gasteiger partial charge in [-0.25, -0.2) is 0 Å². The molecular weight excluding hydrogens is 540 g/mol. The van der Waals surface area contributed by atoms with Crippen LogP contribution >= 0.6 is 0 Å². The molecule has 0 spiro atoms. The maximum Gasteiger partial charge on any atom is 0.308 e. The second-order valence-corrected chi connectivity index (χ2v) is 12.6. The molecule has 0 aromatic heterocycles. The number of rotatable bonds is 30. The zero-order valence-electron chi connectivity index (χ0n) is 27.7. The highest BCUT2D eigenvalue weighted by molar-refractivity contribution is 5.70. The Morgan fingerprint density at radius 3 is 1.37 bits per heavy atom. The van der Waals surface area contributed by atoms with Crippen molar-refractivity contribution in [2.24, 2.45) is 0 Å². The lowest BCUT2D eigenvalue weighted by Gasteiger charge is -2.06. The number of ether oxygens (including phenoxy) is 4. The van der Waals surface area contributed by atoms with E-state index in [2.05, 4.69) is 38.2 Å². The van der Waals surface area contributed by atoms with E-state index in [4.69, 9.17) is 18.9 Å². The van der Waals surface area contributed by atoms with E-state index in [1.807, 2.05) is 0 Å². The first kappa shape index (κ1) is 37.5. The van der Waals surface area contributed by atoms with Gasteiger partial charge in [0.15, 0.2) is 0 Å². The molecule has 2 fully saturated rings. The third-order valence-electron chi connectivity index (χ3n) is 8.57. The van der Waals surface area contributed by atoms with E-state index in [-0.39, 0.29) is 18.7 Å². The van der Waals surface area contributed by atoms with E-state index in [1.54, 1.807) is 0 Å². The number of epoxide rings is 2. The van der Waals surface area contributed by atoms with Gasteiger partial charge in [0, 0.05) is 12.8 Å². The fourth-order valence-corrected chi connectivity index (χ4v) is 5.60. The Morgan fingerprint density at radius 2 is 0.930 bits per heavy atom. The van der Waals surface area contributed by atoms with Gasteiger partial charge in [0.1, 0.15) is 0 Å². The fraction of sp³-hybridized carbons (Fsp3) is 0.838. The standard InChI is InChI=1S/C37H64O6/c1-3-5-19-25-32-34(42-32)27-21-15-11-7-9-13-17-23-29-36(38)40-31-41-37(39)30-24-18-14-10-8-12-16-22-28-35-33(43-35)26-20-6-4-2/h15-16,21-22,32-35H,3-14,17-20,23-31H2,1-2H3/b21-15-,22-16-/t32-,33?,34+,35?/m1/s1. The molecule has 0 saturated carbocycles. The normalized spacial score (nSPS) is 21.1. The van der Waals surface area contributed by atoms with Crippen LogP contribution in [0, 0.1) is 0 Å². The van der Waals surface area contributed by atoms with E-state index in [0.29, 0.717) is 37.3 Å². The Kier molecular flexibility index (Phi) is 22.4. The van der Waals surface area contributed by atoms with Crippen LogP contribution in [0.4, 0.5) is 0 Å². The van der Waals surface area contributed by atoms with Crippen LogP contribution in [0.2, 0.25) is 0 Å². The van der Waals surface area contributed by atoms with Crippen LogP contribution in [0.25, 0.3) is 0 Å². The van der Waals surface area contributed by atoms with E-state index >= 15 is 0 Å². The molecular formula is C37H64O6. The molecule has 0 amide bonds. The summed E-state index contributed by atoms with van der Waals surface area (Å²) in [6, 6.07) is 0. The molecule has 0 bridgehead atoms. The Morgan fingerprint density at radius 1 is 0.512 bits per heavy atom. The van der Waals surface area contributed by atoms with E-state index in [9.17, 15) is 9.59 Å². The lowest BCUT2D eigenvalue weighted by molar-refractivity contribution is -0.167. The molecule has 2 aliphatic heterocycles. The van der Waals surface area contributed by atoms with Crippen LogP contribution in [0.1, 0.15) is 168 Å². The summed E-state index contributed by atoms with van der Waals surface area (Å²) < 4.78 is 21.6. The first-order valence-corrected chi connectivity index (χ1v) is 18.1. The predicted molar refractivity (Wildman–Crippen MR) is 175 cm³/mol. The van der Waals surface area contributed by atoms with Crippen molar-refractivity contribution in [2.75, 3.05) is 6.79 Å². The summed E-state index contributed by atoms with van der Waals surface area (Å²) in [7, 11) is 0. The summed E-state index contributed by atoms with van der Waals surface area (Å²) in [4.78, 5) is 23.7. The number of esters is 2. The largest absolute Gasteiger partial charge is 0.428 e. The van der Waals surface area contributed by atoms with Gasteiger partial charge in [-0.15, -0.1) is 0 Å². The van der Waals surface area contributed by atoms with Crippen molar-refractivity contribution >= 4 is 11.9 Å². The second kappa shape index (κ2) is 25.6. The predicted octanol–water partition coefficient (Wildman–Crippen LogP) is 10.1. The van der Waals surface area contributed by atoms with E-state index in [0.717, 1.165) is 64.2 Å². The topological polar surface area (TPSA) is 77.7 Å². The zero-order valence-corrected chi connectivity index (χ0v) is 27.7. The molecule has 0 aromatic carbocycles. The molecule has 4 atom stereocenters. The second-order valence-electron chi connectivity index (χ2n) is 12.6. The number of carbonyl (C=O) groups excluding carboxylic acids is 2. The fourth-order valence-electron chi connectivity index (χ4n) is 5.60. The van der Waals surface area contributed by atoms with Gasteiger partial charge in [0.2, 0.25) is 6.79 Å². The van der Waals surface area contributed by atoms with Crippen LogP contribution in [0.3, 0.4) is 0 Å². The number of hydrogen-bond donors (Lipinski definition) is 0.